The van der Waals surface area contributed by atoms with Crippen LogP contribution < -0.4 is 10.6 Å². The minimum Gasteiger partial charge on any atom is -0.320 e. The highest BCUT2D eigenvalue weighted by molar-refractivity contribution is 6.31. The quantitative estimate of drug-likeness (QED) is 0.840. The Bertz CT molecular complexity index is 407. The van der Waals surface area contributed by atoms with Gasteiger partial charge in [0.05, 0.1) is 6.04 Å². The third-order valence-corrected chi connectivity index (χ3v) is 2.83. The molecular weight excluding hydrogens is 247 g/mol. The van der Waals surface area contributed by atoms with Gasteiger partial charge in [-0.15, -0.1) is 12.4 Å². The third kappa shape index (κ3) is 2.32. The summed E-state index contributed by atoms with van der Waals surface area (Å²) in [6.45, 7) is 2.40. The average molecular weight is 261 g/mol. The highest BCUT2D eigenvalue weighted by atomic mass is 35.5. The van der Waals surface area contributed by atoms with Crippen molar-refractivity contribution < 1.29 is 4.79 Å². The third-order valence-electron chi connectivity index (χ3n) is 2.60. The van der Waals surface area contributed by atoms with Crippen molar-refractivity contribution in [3.8, 4) is 0 Å². The first-order valence-corrected chi connectivity index (χ1v) is 5.33. The van der Waals surface area contributed by atoms with Gasteiger partial charge < -0.3 is 10.6 Å². The highest BCUT2D eigenvalue weighted by Gasteiger charge is 2.26. The van der Waals surface area contributed by atoms with Crippen LogP contribution in [0.5, 0.6) is 0 Å². The summed E-state index contributed by atoms with van der Waals surface area (Å²) in [7, 11) is 0. The fraction of sp³-hybridized carbons (Fsp3) is 0.364. The van der Waals surface area contributed by atoms with Gasteiger partial charge >= 0.3 is 0 Å². The van der Waals surface area contributed by atoms with Gasteiger partial charge in [0, 0.05) is 17.3 Å². The predicted octanol–water partition coefficient (Wildman–Crippen LogP) is 2.00. The molecular formula is C11H14Cl2N2O. The summed E-state index contributed by atoms with van der Waals surface area (Å²) in [4.78, 5) is 13.5. The lowest BCUT2D eigenvalue weighted by Crippen LogP contribution is -2.41. The summed E-state index contributed by atoms with van der Waals surface area (Å²) in [5, 5.41) is 0.651. The van der Waals surface area contributed by atoms with Crippen molar-refractivity contribution in [2.45, 2.75) is 19.4 Å². The van der Waals surface area contributed by atoms with E-state index in [0.29, 0.717) is 11.6 Å². The van der Waals surface area contributed by atoms with E-state index >= 15 is 0 Å². The van der Waals surface area contributed by atoms with Crippen LogP contribution in [0.4, 0.5) is 5.69 Å². The molecule has 1 aromatic rings. The summed E-state index contributed by atoms with van der Waals surface area (Å²) < 4.78 is 0. The van der Waals surface area contributed by atoms with Crippen LogP contribution in [0.1, 0.15) is 12.5 Å². The lowest BCUT2D eigenvalue weighted by atomic mass is 10.2. The van der Waals surface area contributed by atoms with E-state index in [1.807, 2.05) is 18.2 Å². The maximum absolute atomic E-state index is 11.8. The normalized spacial score (nSPS) is 15.3. The zero-order valence-electron chi connectivity index (χ0n) is 8.94. The second kappa shape index (κ2) is 5.04. The van der Waals surface area contributed by atoms with Crippen molar-refractivity contribution in [2.24, 2.45) is 5.73 Å². The fourth-order valence-corrected chi connectivity index (χ4v) is 1.99. The van der Waals surface area contributed by atoms with Crippen molar-refractivity contribution >= 4 is 35.6 Å². The molecule has 1 amide bonds. The molecule has 16 heavy (non-hydrogen) atoms. The van der Waals surface area contributed by atoms with E-state index in [1.165, 1.54) is 0 Å². The number of halogens is 2. The molecule has 2 rings (SSSR count). The standard InChI is InChI=1S/C11H13ClN2O.ClH/c1-7(13)11(15)14-5-4-8-2-3-9(12)6-10(8)14;/h2-3,6-7H,4-5,13H2,1H3;1H/t7-;/m0./s1. The molecule has 1 aliphatic rings. The zero-order valence-corrected chi connectivity index (χ0v) is 10.5. The number of nitrogens with two attached hydrogens (primary N) is 1. The second-order valence-corrected chi connectivity index (χ2v) is 4.24. The maximum atomic E-state index is 11.8. The molecule has 88 valence electrons. The Hall–Kier alpha value is -0.770. The first kappa shape index (κ1) is 13.3. The van der Waals surface area contributed by atoms with Crippen molar-refractivity contribution in [2.75, 3.05) is 11.4 Å². The van der Waals surface area contributed by atoms with Gasteiger partial charge in [-0.25, -0.2) is 0 Å². The lowest BCUT2D eigenvalue weighted by Gasteiger charge is -2.19. The summed E-state index contributed by atoms with van der Waals surface area (Å²) in [6, 6.07) is 5.17. The Morgan fingerprint density at radius 3 is 2.88 bits per heavy atom. The molecule has 0 aromatic heterocycles. The number of hydrogen-bond acceptors (Lipinski definition) is 2. The first-order chi connectivity index (χ1) is 7.09. The molecule has 1 heterocycles. The number of carbonyl (C=O) groups excluding carboxylic acids is 1. The molecule has 0 fully saturated rings. The van der Waals surface area contributed by atoms with Crippen LogP contribution in [0.2, 0.25) is 5.02 Å². The van der Waals surface area contributed by atoms with Gasteiger partial charge in [-0.3, -0.25) is 4.79 Å². The van der Waals surface area contributed by atoms with E-state index in [2.05, 4.69) is 0 Å². The first-order valence-electron chi connectivity index (χ1n) is 4.95. The molecule has 3 nitrogen and oxygen atoms in total. The molecule has 2 N–H and O–H groups in total. The van der Waals surface area contributed by atoms with Gasteiger partial charge in [-0.1, -0.05) is 17.7 Å². The van der Waals surface area contributed by atoms with Crippen LogP contribution in [0.3, 0.4) is 0 Å². The number of nitrogens with zero attached hydrogens (tertiary/aromatic N) is 1. The molecule has 1 aliphatic heterocycles. The fourth-order valence-electron chi connectivity index (χ4n) is 1.83. The minimum absolute atomic E-state index is 0. The van der Waals surface area contributed by atoms with E-state index in [4.69, 9.17) is 17.3 Å². The number of benzene rings is 1. The van der Waals surface area contributed by atoms with Crippen LogP contribution in [0.25, 0.3) is 0 Å². The summed E-state index contributed by atoms with van der Waals surface area (Å²) >= 11 is 5.90. The smallest absolute Gasteiger partial charge is 0.243 e. The predicted molar refractivity (Wildman–Crippen MR) is 68.4 cm³/mol. The largest absolute Gasteiger partial charge is 0.320 e. The van der Waals surface area contributed by atoms with Gasteiger partial charge in [0.1, 0.15) is 0 Å². The molecule has 0 unspecified atom stereocenters. The topological polar surface area (TPSA) is 46.3 Å². The molecule has 0 saturated carbocycles. The SMILES string of the molecule is C[C@H](N)C(=O)N1CCc2ccc(Cl)cc21.Cl. The maximum Gasteiger partial charge on any atom is 0.243 e. The molecule has 1 aromatic carbocycles. The van der Waals surface area contributed by atoms with Crippen LogP contribution >= 0.6 is 24.0 Å². The number of rotatable bonds is 1. The molecule has 0 spiro atoms. The molecule has 0 aliphatic carbocycles. The Morgan fingerprint density at radius 2 is 2.25 bits per heavy atom. The van der Waals surface area contributed by atoms with Crippen molar-refractivity contribution in [1.82, 2.24) is 0 Å². The molecule has 1 atom stereocenters. The molecule has 5 heteroatoms. The minimum atomic E-state index is -0.463. The number of carbonyl (C=O) groups is 1. The number of amides is 1. The summed E-state index contributed by atoms with van der Waals surface area (Å²) in [6.07, 6.45) is 0.880. The van der Waals surface area contributed by atoms with Gasteiger partial charge in [0.25, 0.3) is 0 Å². The molecule has 0 bridgehead atoms. The van der Waals surface area contributed by atoms with Crippen molar-refractivity contribution in [1.29, 1.82) is 0 Å². The monoisotopic (exact) mass is 260 g/mol. The van der Waals surface area contributed by atoms with Crippen molar-refractivity contribution in [3.05, 3.63) is 28.8 Å². The van der Waals surface area contributed by atoms with E-state index in [0.717, 1.165) is 17.7 Å². The Labute approximate surface area is 106 Å². The molecule has 0 saturated heterocycles. The Morgan fingerprint density at radius 1 is 1.56 bits per heavy atom. The average Bonchev–Trinajstić information content (AvgIpc) is 2.59. The van der Waals surface area contributed by atoms with Crippen LogP contribution in [0.15, 0.2) is 18.2 Å². The van der Waals surface area contributed by atoms with E-state index in [9.17, 15) is 4.79 Å². The number of fused-ring (bicyclic) bond motifs is 1. The number of anilines is 1. The van der Waals surface area contributed by atoms with Gasteiger partial charge in [0.2, 0.25) is 5.91 Å². The van der Waals surface area contributed by atoms with E-state index < -0.39 is 6.04 Å². The lowest BCUT2D eigenvalue weighted by molar-refractivity contribution is -0.119. The second-order valence-electron chi connectivity index (χ2n) is 3.80. The van der Waals surface area contributed by atoms with Gasteiger partial charge in [-0.2, -0.15) is 0 Å². The van der Waals surface area contributed by atoms with Crippen LogP contribution in [-0.2, 0) is 11.2 Å². The van der Waals surface area contributed by atoms with Gasteiger partial charge in [0.15, 0.2) is 0 Å². The van der Waals surface area contributed by atoms with E-state index in [-0.39, 0.29) is 18.3 Å². The summed E-state index contributed by atoms with van der Waals surface area (Å²) in [5.41, 5.74) is 7.65. The Kier molecular flexibility index (Phi) is 4.19. The highest BCUT2D eigenvalue weighted by Crippen LogP contribution is 2.30. The van der Waals surface area contributed by atoms with Crippen molar-refractivity contribution in [3.63, 3.8) is 0 Å². The van der Waals surface area contributed by atoms with Gasteiger partial charge in [-0.05, 0) is 31.0 Å². The molecule has 0 radical (unpaired) electrons. The Balaban J connectivity index is 0.00000128. The zero-order chi connectivity index (χ0) is 11.0. The summed E-state index contributed by atoms with van der Waals surface area (Å²) in [5.74, 6) is -0.0454. The van der Waals surface area contributed by atoms with Crippen LogP contribution in [0, 0.1) is 0 Å². The van der Waals surface area contributed by atoms with Crippen LogP contribution in [-0.4, -0.2) is 18.5 Å². The van der Waals surface area contributed by atoms with E-state index in [1.54, 1.807) is 11.8 Å². The number of hydrogen-bond donors (Lipinski definition) is 1.